The highest BCUT2D eigenvalue weighted by atomic mass is 15.1. The summed E-state index contributed by atoms with van der Waals surface area (Å²) in [5, 5.41) is 3.52. The fourth-order valence-electron chi connectivity index (χ4n) is 3.17. The molecule has 0 bridgehead atoms. The van der Waals surface area contributed by atoms with Crippen molar-refractivity contribution in [3.8, 4) is 0 Å². The van der Waals surface area contributed by atoms with Gasteiger partial charge in [-0.2, -0.15) is 0 Å². The van der Waals surface area contributed by atoms with Crippen molar-refractivity contribution in [1.82, 2.24) is 10.2 Å². The molecule has 1 N–H and O–H groups in total. The van der Waals surface area contributed by atoms with Crippen molar-refractivity contribution in [3.05, 3.63) is 0 Å². The highest BCUT2D eigenvalue weighted by Gasteiger charge is 2.24. The van der Waals surface area contributed by atoms with E-state index in [2.05, 4.69) is 17.1 Å². The topological polar surface area (TPSA) is 15.3 Å². The summed E-state index contributed by atoms with van der Waals surface area (Å²) in [4.78, 5) is 2.71. The molecule has 15 heavy (non-hydrogen) atoms. The van der Waals surface area contributed by atoms with Crippen LogP contribution in [0.15, 0.2) is 0 Å². The van der Waals surface area contributed by atoms with Gasteiger partial charge in [-0.1, -0.05) is 13.3 Å². The Morgan fingerprint density at radius 1 is 1.27 bits per heavy atom. The number of piperidine rings is 1. The smallest absolute Gasteiger partial charge is 0.00219 e. The van der Waals surface area contributed by atoms with Gasteiger partial charge in [0, 0.05) is 13.1 Å². The summed E-state index contributed by atoms with van der Waals surface area (Å²) in [6.07, 6.45) is 7.09. The molecule has 88 valence electrons. The third-order valence-electron chi connectivity index (χ3n) is 3.98. The van der Waals surface area contributed by atoms with E-state index in [1.54, 1.807) is 0 Å². The molecule has 0 aromatic heterocycles. The van der Waals surface area contributed by atoms with E-state index in [1.807, 2.05) is 0 Å². The van der Waals surface area contributed by atoms with Gasteiger partial charge >= 0.3 is 0 Å². The maximum atomic E-state index is 3.52. The normalized spacial score (nSPS) is 33.4. The molecule has 0 spiro atoms. The van der Waals surface area contributed by atoms with Crippen LogP contribution in [0.3, 0.4) is 0 Å². The van der Waals surface area contributed by atoms with Gasteiger partial charge in [-0.25, -0.2) is 0 Å². The number of nitrogens with one attached hydrogen (secondary N) is 1. The van der Waals surface area contributed by atoms with Crippen molar-refractivity contribution >= 4 is 0 Å². The van der Waals surface area contributed by atoms with E-state index in [0.29, 0.717) is 0 Å². The van der Waals surface area contributed by atoms with Crippen molar-refractivity contribution in [2.75, 3.05) is 32.7 Å². The molecular formula is C13H26N2. The molecule has 0 amide bonds. The van der Waals surface area contributed by atoms with Crippen molar-refractivity contribution in [1.29, 1.82) is 0 Å². The minimum absolute atomic E-state index is 0.930. The molecule has 2 rings (SSSR count). The summed E-state index contributed by atoms with van der Waals surface area (Å²) in [6.45, 7) is 8.91. The second kappa shape index (κ2) is 5.86. The number of hydrogen-bond donors (Lipinski definition) is 1. The summed E-state index contributed by atoms with van der Waals surface area (Å²) in [7, 11) is 0. The molecule has 2 fully saturated rings. The molecule has 2 aliphatic heterocycles. The minimum Gasteiger partial charge on any atom is -0.316 e. The van der Waals surface area contributed by atoms with Gasteiger partial charge in [0.2, 0.25) is 0 Å². The molecule has 2 aliphatic rings. The Bertz CT molecular complexity index is 175. The monoisotopic (exact) mass is 210 g/mol. The van der Waals surface area contributed by atoms with E-state index in [4.69, 9.17) is 0 Å². The first-order valence-corrected chi connectivity index (χ1v) is 6.81. The Morgan fingerprint density at radius 3 is 2.93 bits per heavy atom. The van der Waals surface area contributed by atoms with Crippen molar-refractivity contribution < 1.29 is 0 Å². The van der Waals surface area contributed by atoms with E-state index in [9.17, 15) is 0 Å². The number of likely N-dealkylation sites (tertiary alicyclic amines) is 1. The second-order valence-electron chi connectivity index (χ2n) is 5.42. The summed E-state index contributed by atoms with van der Waals surface area (Å²) in [5.41, 5.74) is 0. The number of rotatable bonds is 4. The van der Waals surface area contributed by atoms with Crippen LogP contribution in [0.4, 0.5) is 0 Å². The molecule has 0 aromatic carbocycles. The fourth-order valence-corrected chi connectivity index (χ4v) is 3.17. The van der Waals surface area contributed by atoms with E-state index in [0.717, 1.165) is 11.8 Å². The van der Waals surface area contributed by atoms with Gasteiger partial charge in [-0.3, -0.25) is 0 Å². The Labute approximate surface area is 94.4 Å². The molecule has 2 unspecified atom stereocenters. The highest BCUT2D eigenvalue weighted by molar-refractivity contribution is 4.79. The lowest BCUT2D eigenvalue weighted by Crippen LogP contribution is -2.37. The van der Waals surface area contributed by atoms with Crippen LogP contribution in [0.5, 0.6) is 0 Å². The zero-order valence-corrected chi connectivity index (χ0v) is 10.2. The van der Waals surface area contributed by atoms with E-state index < -0.39 is 0 Å². The Balaban J connectivity index is 1.67. The van der Waals surface area contributed by atoms with Gasteiger partial charge in [0.15, 0.2) is 0 Å². The molecule has 0 aliphatic carbocycles. The lowest BCUT2D eigenvalue weighted by Gasteiger charge is -2.27. The Morgan fingerprint density at radius 2 is 2.20 bits per heavy atom. The molecule has 2 saturated heterocycles. The van der Waals surface area contributed by atoms with Crippen LogP contribution in [-0.4, -0.2) is 37.6 Å². The predicted molar refractivity (Wildman–Crippen MR) is 65.0 cm³/mol. The molecule has 0 radical (unpaired) electrons. The lowest BCUT2D eigenvalue weighted by molar-refractivity contribution is 0.236. The highest BCUT2D eigenvalue weighted by Crippen LogP contribution is 2.22. The van der Waals surface area contributed by atoms with E-state index in [1.165, 1.54) is 64.8 Å². The maximum Gasteiger partial charge on any atom is 0.00219 e. The van der Waals surface area contributed by atoms with Gasteiger partial charge in [0.25, 0.3) is 0 Å². The van der Waals surface area contributed by atoms with Crippen molar-refractivity contribution in [2.45, 2.75) is 39.0 Å². The zero-order chi connectivity index (χ0) is 10.5. The quantitative estimate of drug-likeness (QED) is 0.764. The first-order chi connectivity index (χ1) is 7.38. The molecule has 2 heteroatoms. The SMILES string of the molecule is CCCC1CCN(CC2CCCNC2)C1. The van der Waals surface area contributed by atoms with Crippen LogP contribution in [0.2, 0.25) is 0 Å². The molecule has 0 saturated carbocycles. The van der Waals surface area contributed by atoms with Crippen molar-refractivity contribution in [2.24, 2.45) is 11.8 Å². The first-order valence-electron chi connectivity index (χ1n) is 6.81. The summed E-state index contributed by atoms with van der Waals surface area (Å²) < 4.78 is 0. The minimum atomic E-state index is 0.930. The van der Waals surface area contributed by atoms with E-state index >= 15 is 0 Å². The zero-order valence-electron chi connectivity index (χ0n) is 10.2. The standard InChI is InChI=1S/C13H26N2/c1-2-4-12-6-8-15(10-12)11-13-5-3-7-14-9-13/h12-14H,2-11H2,1H3. The average Bonchev–Trinajstić information content (AvgIpc) is 2.68. The second-order valence-corrected chi connectivity index (χ2v) is 5.42. The lowest BCUT2D eigenvalue weighted by atomic mass is 9.99. The molecule has 2 nitrogen and oxygen atoms in total. The van der Waals surface area contributed by atoms with Crippen molar-refractivity contribution in [3.63, 3.8) is 0 Å². The third-order valence-corrected chi connectivity index (χ3v) is 3.98. The van der Waals surface area contributed by atoms with Crippen LogP contribution >= 0.6 is 0 Å². The first kappa shape index (κ1) is 11.4. The van der Waals surface area contributed by atoms with Crippen LogP contribution in [0.1, 0.15) is 39.0 Å². The largest absolute Gasteiger partial charge is 0.316 e. The van der Waals surface area contributed by atoms with Gasteiger partial charge in [-0.15, -0.1) is 0 Å². The van der Waals surface area contributed by atoms with Gasteiger partial charge in [0.05, 0.1) is 0 Å². The summed E-state index contributed by atoms with van der Waals surface area (Å²) >= 11 is 0. The molecular weight excluding hydrogens is 184 g/mol. The summed E-state index contributed by atoms with van der Waals surface area (Å²) in [5.74, 6) is 1.94. The fraction of sp³-hybridized carbons (Fsp3) is 1.00. The van der Waals surface area contributed by atoms with E-state index in [-0.39, 0.29) is 0 Å². The van der Waals surface area contributed by atoms with Gasteiger partial charge < -0.3 is 10.2 Å². The molecule has 0 aromatic rings. The van der Waals surface area contributed by atoms with Crippen LogP contribution in [0, 0.1) is 11.8 Å². The third kappa shape index (κ3) is 3.46. The average molecular weight is 210 g/mol. The summed E-state index contributed by atoms with van der Waals surface area (Å²) in [6, 6.07) is 0. The molecule has 2 atom stereocenters. The van der Waals surface area contributed by atoms with Crippen LogP contribution < -0.4 is 5.32 Å². The number of hydrogen-bond acceptors (Lipinski definition) is 2. The Kier molecular flexibility index (Phi) is 4.45. The molecule has 2 heterocycles. The maximum absolute atomic E-state index is 3.52. The van der Waals surface area contributed by atoms with Gasteiger partial charge in [0.1, 0.15) is 0 Å². The number of nitrogens with zero attached hydrogens (tertiary/aromatic N) is 1. The van der Waals surface area contributed by atoms with Gasteiger partial charge in [-0.05, 0) is 57.2 Å². The predicted octanol–water partition coefficient (Wildman–Crippen LogP) is 2.11. The van der Waals surface area contributed by atoms with Crippen LogP contribution in [0.25, 0.3) is 0 Å². The Hall–Kier alpha value is -0.0800. The van der Waals surface area contributed by atoms with Crippen LogP contribution in [-0.2, 0) is 0 Å².